The van der Waals surface area contributed by atoms with Gasteiger partial charge in [0, 0.05) is 17.5 Å². The normalized spacial score (nSPS) is 17.0. The molecule has 3 N–H and O–H groups in total. The first-order valence-corrected chi connectivity index (χ1v) is 8.48. The van der Waals surface area contributed by atoms with Gasteiger partial charge in [-0.1, -0.05) is 36.4 Å². The Labute approximate surface area is 155 Å². The second kappa shape index (κ2) is 8.20. The zero-order valence-corrected chi connectivity index (χ0v) is 14.5. The maximum atomic E-state index is 12.4. The summed E-state index contributed by atoms with van der Waals surface area (Å²) < 4.78 is 47.6. The van der Waals surface area contributed by atoms with E-state index in [1.807, 2.05) is 24.3 Å². The van der Waals surface area contributed by atoms with Gasteiger partial charge in [-0.3, -0.25) is 0 Å². The SMILES string of the molecule is NC(=NCc1ccccc1OCC(F)(F)F)NC1CCOc2ccccc21. The lowest BCUT2D eigenvalue weighted by molar-refractivity contribution is -0.153. The summed E-state index contributed by atoms with van der Waals surface area (Å²) in [7, 11) is 0. The van der Waals surface area contributed by atoms with Crippen molar-refractivity contribution in [3.63, 3.8) is 0 Å². The minimum atomic E-state index is -4.40. The molecule has 8 heteroatoms. The van der Waals surface area contributed by atoms with Gasteiger partial charge in [-0.15, -0.1) is 0 Å². The van der Waals surface area contributed by atoms with Crippen LogP contribution in [-0.4, -0.2) is 25.3 Å². The number of hydrogen-bond acceptors (Lipinski definition) is 3. The van der Waals surface area contributed by atoms with Crippen LogP contribution < -0.4 is 20.5 Å². The van der Waals surface area contributed by atoms with E-state index in [1.54, 1.807) is 18.2 Å². The van der Waals surface area contributed by atoms with Gasteiger partial charge in [-0.05, 0) is 12.1 Å². The molecule has 0 bridgehead atoms. The molecule has 1 atom stereocenters. The van der Waals surface area contributed by atoms with Crippen LogP contribution >= 0.6 is 0 Å². The van der Waals surface area contributed by atoms with Crippen LogP contribution in [0.1, 0.15) is 23.6 Å². The highest BCUT2D eigenvalue weighted by molar-refractivity contribution is 5.78. The molecular weight excluding hydrogens is 359 g/mol. The van der Waals surface area contributed by atoms with E-state index in [0.717, 1.165) is 17.7 Å². The first kappa shape index (κ1) is 18.9. The summed E-state index contributed by atoms with van der Waals surface area (Å²) >= 11 is 0. The lowest BCUT2D eigenvalue weighted by Gasteiger charge is -2.27. The van der Waals surface area contributed by atoms with E-state index in [1.165, 1.54) is 6.07 Å². The molecule has 0 saturated carbocycles. The highest BCUT2D eigenvalue weighted by Crippen LogP contribution is 2.31. The number of fused-ring (bicyclic) bond motifs is 1. The van der Waals surface area contributed by atoms with Crippen LogP contribution in [0.4, 0.5) is 13.2 Å². The number of hydrogen-bond donors (Lipinski definition) is 2. The van der Waals surface area contributed by atoms with E-state index in [4.69, 9.17) is 15.2 Å². The van der Waals surface area contributed by atoms with Crippen LogP contribution in [0, 0.1) is 0 Å². The molecule has 1 heterocycles. The molecule has 0 aromatic heterocycles. The van der Waals surface area contributed by atoms with Gasteiger partial charge in [0.2, 0.25) is 0 Å². The number of halogens is 3. The Balaban J connectivity index is 1.65. The smallest absolute Gasteiger partial charge is 0.422 e. The van der Waals surface area contributed by atoms with Crippen molar-refractivity contribution in [1.82, 2.24) is 5.32 Å². The fraction of sp³-hybridized carbons (Fsp3) is 0.316. The van der Waals surface area contributed by atoms with Crippen molar-refractivity contribution in [3.8, 4) is 11.5 Å². The molecule has 0 radical (unpaired) electrons. The van der Waals surface area contributed by atoms with Crippen LogP contribution in [0.25, 0.3) is 0 Å². The molecule has 2 aromatic rings. The fourth-order valence-corrected chi connectivity index (χ4v) is 2.82. The predicted octanol–water partition coefficient (Wildman–Crippen LogP) is 3.56. The van der Waals surface area contributed by atoms with Crippen LogP contribution in [0.5, 0.6) is 11.5 Å². The van der Waals surface area contributed by atoms with Gasteiger partial charge < -0.3 is 20.5 Å². The first-order valence-electron chi connectivity index (χ1n) is 8.48. The van der Waals surface area contributed by atoms with Gasteiger partial charge in [-0.2, -0.15) is 13.2 Å². The number of rotatable bonds is 5. The molecule has 0 fully saturated rings. The Kier molecular flexibility index (Phi) is 5.73. The number of nitrogens with zero attached hydrogens (tertiary/aromatic N) is 1. The monoisotopic (exact) mass is 379 g/mol. The summed E-state index contributed by atoms with van der Waals surface area (Å²) in [6, 6.07) is 14.1. The molecule has 2 aromatic carbocycles. The molecule has 5 nitrogen and oxygen atoms in total. The average molecular weight is 379 g/mol. The maximum Gasteiger partial charge on any atom is 0.422 e. The first-order chi connectivity index (χ1) is 12.9. The van der Waals surface area contributed by atoms with E-state index >= 15 is 0 Å². The third kappa shape index (κ3) is 5.29. The summed E-state index contributed by atoms with van der Waals surface area (Å²) in [5, 5.41) is 3.15. The molecule has 0 saturated heterocycles. The van der Waals surface area contributed by atoms with Gasteiger partial charge in [0.15, 0.2) is 12.6 Å². The van der Waals surface area contributed by atoms with Crippen molar-refractivity contribution in [2.24, 2.45) is 10.7 Å². The molecular formula is C19H20F3N3O2. The molecule has 3 rings (SSSR count). The molecule has 1 aliphatic rings. The summed E-state index contributed by atoms with van der Waals surface area (Å²) in [4.78, 5) is 4.25. The highest BCUT2D eigenvalue weighted by Gasteiger charge is 2.28. The van der Waals surface area contributed by atoms with Crippen LogP contribution in [0.2, 0.25) is 0 Å². The number of aliphatic imine (C=N–C) groups is 1. The maximum absolute atomic E-state index is 12.4. The van der Waals surface area contributed by atoms with Gasteiger partial charge in [-0.25, -0.2) is 4.99 Å². The van der Waals surface area contributed by atoms with E-state index in [-0.39, 0.29) is 24.3 Å². The zero-order valence-electron chi connectivity index (χ0n) is 14.5. The van der Waals surface area contributed by atoms with E-state index in [9.17, 15) is 13.2 Å². The van der Waals surface area contributed by atoms with Gasteiger partial charge in [0.1, 0.15) is 11.5 Å². The molecule has 0 spiro atoms. The van der Waals surface area contributed by atoms with Crippen molar-refractivity contribution in [1.29, 1.82) is 0 Å². The number of alkyl halides is 3. The summed E-state index contributed by atoms with van der Waals surface area (Å²) in [5.74, 6) is 1.16. The van der Waals surface area contributed by atoms with Crippen LogP contribution in [0.15, 0.2) is 53.5 Å². The topological polar surface area (TPSA) is 68.9 Å². The van der Waals surface area contributed by atoms with Gasteiger partial charge in [0.25, 0.3) is 0 Å². The standard InChI is InChI=1S/C19H20F3N3O2/c20-19(21,22)12-27-16-7-3-1-5-13(16)11-24-18(23)25-15-9-10-26-17-8-4-2-6-14(15)17/h1-8,15H,9-12H2,(H3,23,24,25). The molecule has 144 valence electrons. The van der Waals surface area contributed by atoms with E-state index < -0.39 is 12.8 Å². The fourth-order valence-electron chi connectivity index (χ4n) is 2.82. The summed E-state index contributed by atoms with van der Waals surface area (Å²) in [6.45, 7) is -0.672. The Morgan fingerprint density at radius 2 is 1.93 bits per heavy atom. The number of nitrogens with one attached hydrogen (secondary N) is 1. The third-order valence-corrected chi connectivity index (χ3v) is 4.06. The van der Waals surface area contributed by atoms with Crippen molar-refractivity contribution >= 4 is 5.96 Å². The number of ether oxygens (including phenoxy) is 2. The minimum Gasteiger partial charge on any atom is -0.493 e. The van der Waals surface area contributed by atoms with Gasteiger partial charge >= 0.3 is 6.18 Å². The average Bonchev–Trinajstić information content (AvgIpc) is 2.65. The third-order valence-electron chi connectivity index (χ3n) is 4.06. The summed E-state index contributed by atoms with van der Waals surface area (Å²) in [6.07, 6.45) is -3.66. The van der Waals surface area contributed by atoms with Crippen molar-refractivity contribution in [3.05, 3.63) is 59.7 Å². The quantitative estimate of drug-likeness (QED) is 0.616. The number of nitrogens with two attached hydrogens (primary N) is 1. The predicted molar refractivity (Wildman–Crippen MR) is 95.7 cm³/mol. The Hall–Kier alpha value is -2.90. The lowest BCUT2D eigenvalue weighted by atomic mass is 10.0. The zero-order chi connectivity index (χ0) is 19.3. The highest BCUT2D eigenvalue weighted by atomic mass is 19.4. The van der Waals surface area contributed by atoms with E-state index in [2.05, 4.69) is 10.3 Å². The molecule has 0 aliphatic carbocycles. The van der Waals surface area contributed by atoms with Crippen molar-refractivity contribution in [2.45, 2.75) is 25.2 Å². The van der Waals surface area contributed by atoms with Crippen molar-refractivity contribution < 1.29 is 22.6 Å². The minimum absolute atomic E-state index is 0.0320. The van der Waals surface area contributed by atoms with Crippen molar-refractivity contribution in [2.75, 3.05) is 13.2 Å². The molecule has 0 amide bonds. The second-order valence-corrected chi connectivity index (χ2v) is 6.08. The summed E-state index contributed by atoms with van der Waals surface area (Å²) in [5.41, 5.74) is 7.50. The molecule has 27 heavy (non-hydrogen) atoms. The van der Waals surface area contributed by atoms with Crippen LogP contribution in [-0.2, 0) is 6.54 Å². The second-order valence-electron chi connectivity index (χ2n) is 6.08. The Bertz CT molecular complexity index is 809. The lowest BCUT2D eigenvalue weighted by Crippen LogP contribution is -2.37. The van der Waals surface area contributed by atoms with Gasteiger partial charge in [0.05, 0.1) is 19.2 Å². The number of benzene rings is 2. The van der Waals surface area contributed by atoms with E-state index in [0.29, 0.717) is 12.2 Å². The number of guanidine groups is 1. The Morgan fingerprint density at radius 3 is 2.74 bits per heavy atom. The van der Waals surface area contributed by atoms with Crippen LogP contribution in [0.3, 0.4) is 0 Å². The molecule has 1 aliphatic heterocycles. The Morgan fingerprint density at radius 1 is 1.19 bits per heavy atom. The number of para-hydroxylation sites is 2. The molecule has 1 unspecified atom stereocenters. The largest absolute Gasteiger partial charge is 0.493 e.